The van der Waals surface area contributed by atoms with Gasteiger partial charge in [-0.15, -0.1) is 11.3 Å². The maximum atomic E-state index is 12.8. The molecule has 4 heteroatoms. The molecule has 2 N–H and O–H groups in total. The third-order valence-corrected chi connectivity index (χ3v) is 3.37. The number of halogens is 2. The quantitative estimate of drug-likeness (QED) is 0.853. The number of hydrogen-bond acceptors (Lipinski definition) is 2. The molecule has 0 radical (unpaired) electrons. The first kappa shape index (κ1) is 10.6. The third kappa shape index (κ3) is 2.20. The maximum absolute atomic E-state index is 12.8. The molecule has 0 saturated carbocycles. The minimum atomic E-state index is -0.321. The predicted octanol–water partition coefficient (Wildman–Crippen LogP) is 3.67. The highest BCUT2D eigenvalue weighted by molar-refractivity contribution is 7.10. The summed E-state index contributed by atoms with van der Waals surface area (Å²) in [5.41, 5.74) is 7.35. The van der Waals surface area contributed by atoms with Gasteiger partial charge in [-0.25, -0.2) is 4.39 Å². The van der Waals surface area contributed by atoms with Gasteiger partial charge < -0.3 is 5.73 Å². The Morgan fingerprint density at radius 2 is 2.13 bits per heavy atom. The molecule has 2 rings (SSSR count). The normalized spacial score (nSPS) is 10.6. The van der Waals surface area contributed by atoms with Gasteiger partial charge in [0.15, 0.2) is 0 Å². The zero-order chi connectivity index (χ0) is 10.8. The Morgan fingerprint density at radius 1 is 1.33 bits per heavy atom. The lowest BCUT2D eigenvalue weighted by molar-refractivity contribution is 0.628. The van der Waals surface area contributed by atoms with Crippen molar-refractivity contribution in [3.8, 4) is 11.1 Å². The standard InChI is InChI=1S/C11H9ClFNS/c12-11-4-8(13)1-2-10(11)7-3-9(5-14)15-6-7/h1-4,6H,5,14H2. The molecule has 0 aliphatic heterocycles. The largest absolute Gasteiger partial charge is 0.326 e. The molecular weight excluding hydrogens is 233 g/mol. The van der Waals surface area contributed by atoms with E-state index in [0.717, 1.165) is 16.0 Å². The van der Waals surface area contributed by atoms with Gasteiger partial charge >= 0.3 is 0 Å². The van der Waals surface area contributed by atoms with E-state index in [9.17, 15) is 4.39 Å². The smallest absolute Gasteiger partial charge is 0.124 e. The molecule has 0 aliphatic rings. The van der Waals surface area contributed by atoms with E-state index < -0.39 is 0 Å². The molecule has 0 aliphatic carbocycles. The first-order valence-electron chi connectivity index (χ1n) is 4.43. The molecule has 78 valence electrons. The maximum Gasteiger partial charge on any atom is 0.124 e. The van der Waals surface area contributed by atoms with Crippen LogP contribution in [0.4, 0.5) is 4.39 Å². The van der Waals surface area contributed by atoms with Crippen molar-refractivity contribution in [2.24, 2.45) is 5.73 Å². The second-order valence-corrected chi connectivity index (χ2v) is 4.53. The molecule has 0 amide bonds. The lowest BCUT2D eigenvalue weighted by atomic mass is 10.1. The molecule has 0 saturated heterocycles. The van der Waals surface area contributed by atoms with Gasteiger partial charge in [-0.2, -0.15) is 0 Å². The summed E-state index contributed by atoms with van der Waals surface area (Å²) in [6.45, 7) is 0.517. The molecule has 15 heavy (non-hydrogen) atoms. The number of thiophene rings is 1. The second kappa shape index (κ2) is 4.31. The summed E-state index contributed by atoms with van der Waals surface area (Å²) < 4.78 is 12.8. The molecule has 0 bridgehead atoms. The summed E-state index contributed by atoms with van der Waals surface area (Å²) in [6, 6.07) is 6.38. The number of rotatable bonds is 2. The van der Waals surface area contributed by atoms with Gasteiger partial charge in [0, 0.05) is 17.0 Å². The van der Waals surface area contributed by atoms with Gasteiger partial charge in [-0.05, 0) is 35.2 Å². The van der Waals surface area contributed by atoms with Crippen molar-refractivity contribution in [2.75, 3.05) is 0 Å². The van der Waals surface area contributed by atoms with Gasteiger partial charge in [0.25, 0.3) is 0 Å². The van der Waals surface area contributed by atoms with E-state index in [0.29, 0.717) is 11.6 Å². The van der Waals surface area contributed by atoms with Gasteiger partial charge in [-0.3, -0.25) is 0 Å². The summed E-state index contributed by atoms with van der Waals surface area (Å²) in [4.78, 5) is 1.09. The van der Waals surface area contributed by atoms with Crippen molar-refractivity contribution in [1.29, 1.82) is 0 Å². The van der Waals surface area contributed by atoms with E-state index in [-0.39, 0.29) is 5.82 Å². The highest BCUT2D eigenvalue weighted by Crippen LogP contribution is 2.31. The first-order valence-corrected chi connectivity index (χ1v) is 5.69. The Hall–Kier alpha value is -0.900. The SMILES string of the molecule is NCc1cc(-c2ccc(F)cc2Cl)cs1. The fourth-order valence-electron chi connectivity index (χ4n) is 1.35. The minimum absolute atomic E-state index is 0.321. The third-order valence-electron chi connectivity index (χ3n) is 2.10. The molecular formula is C11H9ClFNS. The van der Waals surface area contributed by atoms with Crippen LogP contribution in [0.1, 0.15) is 4.88 Å². The minimum Gasteiger partial charge on any atom is -0.326 e. The van der Waals surface area contributed by atoms with E-state index in [1.54, 1.807) is 17.4 Å². The molecule has 1 aromatic heterocycles. The summed E-state index contributed by atoms with van der Waals surface area (Å²) in [6.07, 6.45) is 0. The molecule has 0 atom stereocenters. The second-order valence-electron chi connectivity index (χ2n) is 3.13. The number of hydrogen-bond donors (Lipinski definition) is 1. The van der Waals surface area contributed by atoms with Gasteiger partial charge in [0.05, 0.1) is 5.02 Å². The highest BCUT2D eigenvalue weighted by Gasteiger charge is 2.06. The van der Waals surface area contributed by atoms with Crippen molar-refractivity contribution in [1.82, 2.24) is 0 Å². The fraction of sp³-hybridized carbons (Fsp3) is 0.0909. The van der Waals surface area contributed by atoms with Crippen LogP contribution in [-0.4, -0.2) is 0 Å². The average molecular weight is 242 g/mol. The topological polar surface area (TPSA) is 26.0 Å². The average Bonchev–Trinajstić information content (AvgIpc) is 2.66. The van der Waals surface area contributed by atoms with E-state index in [1.165, 1.54) is 12.1 Å². The summed E-state index contributed by atoms with van der Waals surface area (Å²) >= 11 is 7.53. The molecule has 1 heterocycles. The van der Waals surface area contributed by atoms with E-state index in [2.05, 4.69) is 0 Å². The van der Waals surface area contributed by atoms with Crippen LogP contribution in [0.15, 0.2) is 29.6 Å². The molecule has 1 nitrogen and oxygen atoms in total. The van der Waals surface area contributed by atoms with Crippen LogP contribution in [-0.2, 0) is 6.54 Å². The first-order chi connectivity index (χ1) is 7.20. The summed E-state index contributed by atoms with van der Waals surface area (Å²) in [7, 11) is 0. The van der Waals surface area contributed by atoms with Crippen LogP contribution in [0.3, 0.4) is 0 Å². The predicted molar refractivity (Wildman–Crippen MR) is 62.6 cm³/mol. The molecule has 0 spiro atoms. The lowest BCUT2D eigenvalue weighted by Crippen LogP contribution is -1.91. The number of nitrogens with two attached hydrogens (primary N) is 1. The van der Waals surface area contributed by atoms with Gasteiger partial charge in [-0.1, -0.05) is 11.6 Å². The fourth-order valence-corrected chi connectivity index (χ4v) is 2.39. The van der Waals surface area contributed by atoms with Crippen molar-refractivity contribution >= 4 is 22.9 Å². The van der Waals surface area contributed by atoms with Gasteiger partial charge in [0.2, 0.25) is 0 Å². The Morgan fingerprint density at radius 3 is 2.73 bits per heavy atom. The molecule has 1 aromatic carbocycles. The zero-order valence-electron chi connectivity index (χ0n) is 7.84. The van der Waals surface area contributed by atoms with Crippen LogP contribution in [0.5, 0.6) is 0 Å². The Balaban J connectivity index is 2.44. The van der Waals surface area contributed by atoms with Crippen molar-refractivity contribution in [2.45, 2.75) is 6.54 Å². The van der Waals surface area contributed by atoms with Crippen LogP contribution in [0, 0.1) is 5.82 Å². The zero-order valence-corrected chi connectivity index (χ0v) is 9.41. The molecule has 0 fully saturated rings. The van der Waals surface area contributed by atoms with Crippen molar-refractivity contribution < 1.29 is 4.39 Å². The van der Waals surface area contributed by atoms with Crippen LogP contribution < -0.4 is 5.73 Å². The van der Waals surface area contributed by atoms with E-state index in [4.69, 9.17) is 17.3 Å². The Labute approximate surface area is 96.3 Å². The number of benzene rings is 1. The van der Waals surface area contributed by atoms with Gasteiger partial charge in [0.1, 0.15) is 5.82 Å². The monoisotopic (exact) mass is 241 g/mol. The molecule has 2 aromatic rings. The highest BCUT2D eigenvalue weighted by atomic mass is 35.5. The van der Waals surface area contributed by atoms with Crippen LogP contribution in [0.2, 0.25) is 5.02 Å². The van der Waals surface area contributed by atoms with Crippen molar-refractivity contribution in [3.63, 3.8) is 0 Å². The summed E-state index contributed by atoms with van der Waals surface area (Å²) in [5.74, 6) is -0.321. The van der Waals surface area contributed by atoms with Crippen LogP contribution >= 0.6 is 22.9 Å². The Bertz CT molecular complexity index is 481. The summed E-state index contributed by atoms with van der Waals surface area (Å²) in [5, 5.41) is 2.40. The van der Waals surface area contributed by atoms with Crippen molar-refractivity contribution in [3.05, 3.63) is 45.4 Å². The Kier molecular flexibility index (Phi) is 3.05. The molecule has 0 unspecified atom stereocenters. The van der Waals surface area contributed by atoms with Crippen LogP contribution in [0.25, 0.3) is 11.1 Å². The van der Waals surface area contributed by atoms with E-state index in [1.807, 2.05) is 11.4 Å². The van der Waals surface area contributed by atoms with E-state index >= 15 is 0 Å². The lowest BCUT2D eigenvalue weighted by Gasteiger charge is -2.00.